The summed E-state index contributed by atoms with van der Waals surface area (Å²) in [5, 5.41) is 8.93. The van der Waals surface area contributed by atoms with Gasteiger partial charge in [-0.05, 0) is 30.5 Å². The molecule has 0 aliphatic heterocycles. The van der Waals surface area contributed by atoms with Gasteiger partial charge in [0, 0.05) is 36.0 Å². The van der Waals surface area contributed by atoms with Gasteiger partial charge < -0.3 is 14.8 Å². The lowest BCUT2D eigenvalue weighted by atomic mass is 10.1. The van der Waals surface area contributed by atoms with Gasteiger partial charge in [0.2, 0.25) is 5.95 Å². The zero-order valence-corrected chi connectivity index (χ0v) is 17.0. The molecule has 0 fully saturated rings. The molecule has 0 aliphatic rings. The summed E-state index contributed by atoms with van der Waals surface area (Å²) in [5.74, 6) is 3.06. The molecule has 29 heavy (non-hydrogen) atoms. The topological polar surface area (TPSA) is 86.5 Å². The van der Waals surface area contributed by atoms with Crippen molar-refractivity contribution in [2.24, 2.45) is 5.92 Å². The summed E-state index contributed by atoms with van der Waals surface area (Å²) in [6, 6.07) is 7.55. The van der Waals surface area contributed by atoms with E-state index in [9.17, 15) is 0 Å². The van der Waals surface area contributed by atoms with Crippen LogP contribution in [0.2, 0.25) is 0 Å². The minimum absolute atomic E-state index is 0.588. The van der Waals surface area contributed by atoms with Crippen LogP contribution in [0.4, 0.5) is 5.95 Å². The maximum atomic E-state index is 5.47. The Hall–Kier alpha value is -3.42. The highest BCUT2D eigenvalue weighted by Crippen LogP contribution is 2.34. The third-order valence-corrected chi connectivity index (χ3v) is 4.70. The van der Waals surface area contributed by atoms with Crippen LogP contribution in [-0.2, 0) is 0 Å². The van der Waals surface area contributed by atoms with Gasteiger partial charge >= 0.3 is 0 Å². The fourth-order valence-corrected chi connectivity index (χ4v) is 3.14. The summed E-state index contributed by atoms with van der Waals surface area (Å²) in [5.41, 5.74) is 2.30. The zero-order chi connectivity index (χ0) is 20.4. The van der Waals surface area contributed by atoms with Crippen molar-refractivity contribution in [1.82, 2.24) is 24.6 Å². The van der Waals surface area contributed by atoms with Crippen molar-refractivity contribution < 1.29 is 9.47 Å². The van der Waals surface area contributed by atoms with Crippen molar-refractivity contribution in [3.63, 3.8) is 0 Å². The molecule has 0 aliphatic carbocycles. The van der Waals surface area contributed by atoms with Gasteiger partial charge in [-0.3, -0.25) is 4.98 Å². The van der Waals surface area contributed by atoms with Crippen molar-refractivity contribution in [3.8, 4) is 22.9 Å². The summed E-state index contributed by atoms with van der Waals surface area (Å²) in [6.45, 7) is 5.18. The highest BCUT2D eigenvalue weighted by Gasteiger charge is 2.17. The van der Waals surface area contributed by atoms with Crippen LogP contribution in [-0.4, -0.2) is 45.3 Å². The number of pyridine rings is 1. The van der Waals surface area contributed by atoms with Crippen molar-refractivity contribution in [2.75, 3.05) is 26.1 Å². The van der Waals surface area contributed by atoms with E-state index in [4.69, 9.17) is 24.5 Å². The molecule has 0 saturated heterocycles. The predicted octanol–water partition coefficient (Wildman–Crippen LogP) is 3.81. The molecule has 0 saturated carbocycles. The summed E-state index contributed by atoms with van der Waals surface area (Å²) in [6.07, 6.45) is 4.50. The average molecular weight is 392 g/mol. The first-order valence-electron chi connectivity index (χ1n) is 9.57. The molecule has 3 aromatic heterocycles. The lowest BCUT2D eigenvalue weighted by Crippen LogP contribution is -2.11. The molecule has 150 valence electrons. The fraction of sp³-hybridized carbons (Fsp3) is 0.333. The largest absolute Gasteiger partial charge is 0.493 e. The summed E-state index contributed by atoms with van der Waals surface area (Å²) >= 11 is 0. The summed E-state index contributed by atoms with van der Waals surface area (Å²) < 4.78 is 12.7. The van der Waals surface area contributed by atoms with Crippen molar-refractivity contribution in [3.05, 3.63) is 36.7 Å². The van der Waals surface area contributed by atoms with E-state index in [1.54, 1.807) is 31.1 Å². The van der Waals surface area contributed by atoms with E-state index in [-0.39, 0.29) is 0 Å². The molecule has 1 aromatic carbocycles. The molecule has 8 heteroatoms. The highest BCUT2D eigenvalue weighted by molar-refractivity contribution is 5.95. The first-order valence-corrected chi connectivity index (χ1v) is 9.57. The molecular weight excluding hydrogens is 368 g/mol. The quantitative estimate of drug-likeness (QED) is 0.512. The van der Waals surface area contributed by atoms with E-state index in [0.29, 0.717) is 34.8 Å². The van der Waals surface area contributed by atoms with Crippen molar-refractivity contribution in [2.45, 2.75) is 20.3 Å². The lowest BCUT2D eigenvalue weighted by Gasteiger charge is -2.12. The van der Waals surface area contributed by atoms with E-state index < -0.39 is 0 Å². The molecule has 3 heterocycles. The predicted molar refractivity (Wildman–Crippen MR) is 113 cm³/mol. The molecule has 4 rings (SSSR count). The van der Waals surface area contributed by atoms with Crippen LogP contribution in [0.15, 0.2) is 36.7 Å². The van der Waals surface area contributed by atoms with Crippen LogP contribution in [0.5, 0.6) is 11.5 Å². The second-order valence-corrected chi connectivity index (χ2v) is 7.18. The Bertz CT molecular complexity index is 1140. The maximum absolute atomic E-state index is 5.47. The van der Waals surface area contributed by atoms with E-state index >= 15 is 0 Å². The molecule has 8 nitrogen and oxygen atoms in total. The molecular formula is C21H24N6O2. The van der Waals surface area contributed by atoms with Gasteiger partial charge in [0.15, 0.2) is 23.0 Å². The van der Waals surface area contributed by atoms with E-state index in [0.717, 1.165) is 29.4 Å². The fourth-order valence-electron chi connectivity index (χ4n) is 3.14. The SMILES string of the molecule is COc1cc2nc(NCCC(C)C)n3nc(-c4cccnc4)nc3c2cc1OC. The van der Waals surface area contributed by atoms with Crippen LogP contribution in [0.3, 0.4) is 0 Å². The first kappa shape index (κ1) is 18.9. The van der Waals surface area contributed by atoms with E-state index in [2.05, 4.69) is 24.1 Å². The van der Waals surface area contributed by atoms with Gasteiger partial charge in [0.05, 0.1) is 19.7 Å². The second-order valence-electron chi connectivity index (χ2n) is 7.18. The number of anilines is 1. The van der Waals surface area contributed by atoms with Crippen LogP contribution in [0, 0.1) is 5.92 Å². The number of hydrogen-bond acceptors (Lipinski definition) is 7. The van der Waals surface area contributed by atoms with Gasteiger partial charge in [-0.1, -0.05) is 13.8 Å². The Labute approximate surface area is 168 Å². The Morgan fingerprint density at radius 1 is 1.10 bits per heavy atom. The Kier molecular flexibility index (Phi) is 5.16. The zero-order valence-electron chi connectivity index (χ0n) is 17.0. The number of rotatable bonds is 7. The van der Waals surface area contributed by atoms with E-state index in [1.165, 1.54) is 0 Å². The first-order chi connectivity index (χ1) is 14.1. The number of nitrogens with one attached hydrogen (secondary N) is 1. The Morgan fingerprint density at radius 3 is 2.59 bits per heavy atom. The number of ether oxygens (including phenoxy) is 2. The third-order valence-electron chi connectivity index (χ3n) is 4.70. The standard InChI is InChI=1S/C21H24N6O2/c1-13(2)7-9-23-21-24-16-11-18(29-4)17(28-3)10-15(16)20-25-19(26-27(20)21)14-6-5-8-22-12-14/h5-6,8,10-13H,7,9H2,1-4H3,(H,23,24). The number of hydrogen-bond donors (Lipinski definition) is 1. The summed E-state index contributed by atoms with van der Waals surface area (Å²) in [7, 11) is 3.22. The second kappa shape index (κ2) is 7.90. The Balaban J connectivity index is 1.92. The van der Waals surface area contributed by atoms with Crippen LogP contribution >= 0.6 is 0 Å². The van der Waals surface area contributed by atoms with Crippen molar-refractivity contribution >= 4 is 22.5 Å². The molecule has 0 bridgehead atoms. The molecule has 0 spiro atoms. The monoisotopic (exact) mass is 392 g/mol. The van der Waals surface area contributed by atoms with Gasteiger partial charge in [-0.15, -0.1) is 5.10 Å². The molecule has 0 unspecified atom stereocenters. The summed E-state index contributed by atoms with van der Waals surface area (Å²) in [4.78, 5) is 13.7. The molecule has 0 atom stereocenters. The van der Waals surface area contributed by atoms with Crippen LogP contribution in [0.25, 0.3) is 27.9 Å². The number of aromatic nitrogens is 5. The molecule has 0 amide bonds. The number of benzene rings is 1. The van der Waals surface area contributed by atoms with E-state index in [1.807, 2.05) is 24.3 Å². The maximum Gasteiger partial charge on any atom is 0.226 e. The normalized spacial score (nSPS) is 11.3. The van der Waals surface area contributed by atoms with Gasteiger partial charge in [-0.2, -0.15) is 4.52 Å². The van der Waals surface area contributed by atoms with Gasteiger partial charge in [0.1, 0.15) is 0 Å². The van der Waals surface area contributed by atoms with Crippen molar-refractivity contribution in [1.29, 1.82) is 0 Å². The molecule has 4 aromatic rings. The lowest BCUT2D eigenvalue weighted by molar-refractivity contribution is 0.356. The van der Waals surface area contributed by atoms with Crippen LogP contribution < -0.4 is 14.8 Å². The highest BCUT2D eigenvalue weighted by atomic mass is 16.5. The smallest absolute Gasteiger partial charge is 0.226 e. The van der Waals surface area contributed by atoms with Gasteiger partial charge in [0.25, 0.3) is 0 Å². The molecule has 0 radical (unpaired) electrons. The minimum atomic E-state index is 0.588. The molecule has 1 N–H and O–H groups in total. The minimum Gasteiger partial charge on any atom is -0.493 e. The number of methoxy groups -OCH3 is 2. The number of fused-ring (bicyclic) bond motifs is 3. The van der Waals surface area contributed by atoms with Crippen LogP contribution in [0.1, 0.15) is 20.3 Å². The Morgan fingerprint density at radius 2 is 1.90 bits per heavy atom. The average Bonchev–Trinajstić information content (AvgIpc) is 3.19. The number of nitrogens with zero attached hydrogens (tertiary/aromatic N) is 5. The van der Waals surface area contributed by atoms with Gasteiger partial charge in [-0.25, -0.2) is 9.97 Å². The third kappa shape index (κ3) is 3.65.